The first-order chi connectivity index (χ1) is 13.7. The number of benzene rings is 2. The van der Waals surface area contributed by atoms with Crippen molar-refractivity contribution in [2.24, 2.45) is 0 Å². The Hall–Kier alpha value is -4.06. The van der Waals surface area contributed by atoms with Gasteiger partial charge in [-0.25, -0.2) is 4.98 Å². The number of aromatic hydroxyl groups is 1. The molecule has 1 amide bonds. The van der Waals surface area contributed by atoms with Gasteiger partial charge in [0.05, 0.1) is 6.26 Å². The number of pyridine rings is 1. The summed E-state index contributed by atoms with van der Waals surface area (Å²) in [7, 11) is 0. The van der Waals surface area contributed by atoms with Crippen LogP contribution in [0.15, 0.2) is 89.7 Å². The number of rotatable bonds is 5. The van der Waals surface area contributed by atoms with Gasteiger partial charge in [0, 0.05) is 23.6 Å². The van der Waals surface area contributed by atoms with E-state index in [0.29, 0.717) is 11.5 Å². The number of phenolic OH excluding ortho intramolecular Hbond substituents is 1. The highest BCUT2D eigenvalue weighted by molar-refractivity contribution is 6.02. The molecule has 0 fully saturated rings. The van der Waals surface area contributed by atoms with Crippen molar-refractivity contribution >= 4 is 23.1 Å². The second kappa shape index (κ2) is 7.67. The number of anilines is 3. The van der Waals surface area contributed by atoms with Gasteiger partial charge in [-0.3, -0.25) is 4.79 Å². The van der Waals surface area contributed by atoms with E-state index in [-0.39, 0.29) is 17.4 Å². The fourth-order valence-corrected chi connectivity index (χ4v) is 2.79. The number of hydrogen-bond donors (Lipinski definition) is 3. The fraction of sp³-hybridized carbons (Fsp3) is 0. The monoisotopic (exact) mass is 371 g/mol. The third kappa shape index (κ3) is 4.02. The van der Waals surface area contributed by atoms with E-state index in [1.807, 2.05) is 42.5 Å². The van der Waals surface area contributed by atoms with E-state index in [1.165, 1.54) is 6.26 Å². The number of nitrogens with zero attached hydrogens (tertiary/aromatic N) is 1. The highest BCUT2D eigenvalue weighted by atomic mass is 16.3. The summed E-state index contributed by atoms with van der Waals surface area (Å²) >= 11 is 0. The van der Waals surface area contributed by atoms with Crippen molar-refractivity contribution in [2.45, 2.75) is 0 Å². The first kappa shape index (κ1) is 17.4. The van der Waals surface area contributed by atoms with Crippen LogP contribution in [0.2, 0.25) is 0 Å². The van der Waals surface area contributed by atoms with Gasteiger partial charge in [0.1, 0.15) is 11.6 Å². The van der Waals surface area contributed by atoms with Crippen molar-refractivity contribution in [1.29, 1.82) is 0 Å². The Bertz CT molecular complexity index is 1110. The van der Waals surface area contributed by atoms with E-state index in [9.17, 15) is 9.90 Å². The molecule has 2 aromatic heterocycles. The zero-order valence-corrected chi connectivity index (χ0v) is 14.8. The van der Waals surface area contributed by atoms with E-state index in [1.54, 1.807) is 36.5 Å². The molecule has 0 bridgehead atoms. The standard InChI is InChI=1S/C22H17N3O3/c26-19-7-2-6-18(14-19)24-21-13-16(9-10-23-21)15-4-1-5-17(12-15)25-22(27)20-8-3-11-28-20/h1-14,26H,(H,23,24)(H,25,27). The molecule has 0 atom stereocenters. The average molecular weight is 371 g/mol. The predicted molar refractivity (Wildman–Crippen MR) is 108 cm³/mol. The van der Waals surface area contributed by atoms with Gasteiger partial charge in [-0.05, 0) is 59.7 Å². The lowest BCUT2D eigenvalue weighted by atomic mass is 10.1. The van der Waals surface area contributed by atoms with Gasteiger partial charge in [-0.2, -0.15) is 0 Å². The van der Waals surface area contributed by atoms with Crippen molar-refractivity contribution in [1.82, 2.24) is 4.98 Å². The van der Waals surface area contributed by atoms with Crippen LogP contribution in [0.5, 0.6) is 5.75 Å². The second-order valence-electron chi connectivity index (χ2n) is 6.12. The zero-order chi connectivity index (χ0) is 19.3. The van der Waals surface area contributed by atoms with Gasteiger partial charge in [0.15, 0.2) is 5.76 Å². The van der Waals surface area contributed by atoms with E-state index < -0.39 is 0 Å². The molecule has 0 spiro atoms. The first-order valence-electron chi connectivity index (χ1n) is 8.65. The molecule has 2 aromatic carbocycles. The summed E-state index contributed by atoms with van der Waals surface area (Å²) in [5.74, 6) is 0.782. The van der Waals surface area contributed by atoms with E-state index >= 15 is 0 Å². The Kier molecular flexibility index (Phi) is 4.76. The topological polar surface area (TPSA) is 87.4 Å². The smallest absolute Gasteiger partial charge is 0.291 e. The van der Waals surface area contributed by atoms with Crippen LogP contribution >= 0.6 is 0 Å². The first-order valence-corrected chi connectivity index (χ1v) is 8.65. The van der Waals surface area contributed by atoms with Gasteiger partial charge in [0.2, 0.25) is 0 Å². The Balaban J connectivity index is 1.55. The number of carbonyl (C=O) groups excluding carboxylic acids is 1. The lowest BCUT2D eigenvalue weighted by Gasteiger charge is -2.09. The van der Waals surface area contributed by atoms with E-state index in [2.05, 4.69) is 15.6 Å². The number of hydrogen-bond acceptors (Lipinski definition) is 5. The van der Waals surface area contributed by atoms with Gasteiger partial charge in [-0.1, -0.05) is 18.2 Å². The summed E-state index contributed by atoms with van der Waals surface area (Å²) in [6, 6.07) is 21.4. The number of furan rings is 1. The Morgan fingerprint density at radius 1 is 0.893 bits per heavy atom. The molecule has 138 valence electrons. The molecule has 6 heteroatoms. The van der Waals surface area contributed by atoms with Crippen LogP contribution in [-0.2, 0) is 0 Å². The molecule has 0 unspecified atom stereocenters. The molecule has 0 saturated carbocycles. The number of carbonyl (C=O) groups is 1. The van der Waals surface area contributed by atoms with Crippen LogP contribution < -0.4 is 10.6 Å². The van der Waals surface area contributed by atoms with Crippen LogP contribution in [-0.4, -0.2) is 16.0 Å². The number of nitrogens with one attached hydrogen (secondary N) is 2. The molecule has 28 heavy (non-hydrogen) atoms. The quantitative estimate of drug-likeness (QED) is 0.457. The highest BCUT2D eigenvalue weighted by Crippen LogP contribution is 2.26. The molecule has 0 saturated heterocycles. The molecule has 0 aliphatic rings. The third-order valence-electron chi connectivity index (χ3n) is 4.08. The van der Waals surface area contributed by atoms with Gasteiger partial charge in [-0.15, -0.1) is 0 Å². The lowest BCUT2D eigenvalue weighted by molar-refractivity contribution is 0.0996. The van der Waals surface area contributed by atoms with E-state index in [4.69, 9.17) is 4.42 Å². The van der Waals surface area contributed by atoms with Gasteiger partial charge in [0.25, 0.3) is 5.91 Å². The number of aromatic nitrogens is 1. The Morgan fingerprint density at radius 3 is 2.54 bits per heavy atom. The lowest BCUT2D eigenvalue weighted by Crippen LogP contribution is -2.10. The largest absolute Gasteiger partial charge is 0.508 e. The van der Waals surface area contributed by atoms with Gasteiger partial charge >= 0.3 is 0 Å². The molecule has 3 N–H and O–H groups in total. The van der Waals surface area contributed by atoms with Gasteiger partial charge < -0.3 is 20.2 Å². The summed E-state index contributed by atoms with van der Waals surface area (Å²) in [6.07, 6.45) is 3.16. The predicted octanol–water partition coefficient (Wildman–Crippen LogP) is 5.04. The zero-order valence-electron chi connectivity index (χ0n) is 14.8. The molecule has 0 aliphatic heterocycles. The van der Waals surface area contributed by atoms with Crippen LogP contribution in [0.4, 0.5) is 17.2 Å². The Morgan fingerprint density at radius 2 is 1.71 bits per heavy atom. The number of phenols is 1. The molecule has 2 heterocycles. The molecule has 0 radical (unpaired) electrons. The minimum atomic E-state index is -0.303. The number of amides is 1. The third-order valence-corrected chi connectivity index (χ3v) is 4.08. The minimum absolute atomic E-state index is 0.182. The Labute approximate surface area is 161 Å². The maximum atomic E-state index is 12.2. The molecule has 4 rings (SSSR count). The van der Waals surface area contributed by atoms with Crippen molar-refractivity contribution in [3.63, 3.8) is 0 Å². The van der Waals surface area contributed by atoms with E-state index in [0.717, 1.165) is 16.8 Å². The van der Waals surface area contributed by atoms with Crippen LogP contribution in [0.25, 0.3) is 11.1 Å². The maximum absolute atomic E-state index is 12.2. The summed E-state index contributed by atoms with van der Waals surface area (Å²) in [5, 5.41) is 15.6. The summed E-state index contributed by atoms with van der Waals surface area (Å²) in [5.41, 5.74) is 3.27. The fourth-order valence-electron chi connectivity index (χ4n) is 2.79. The minimum Gasteiger partial charge on any atom is -0.508 e. The second-order valence-corrected chi connectivity index (χ2v) is 6.12. The van der Waals surface area contributed by atoms with Crippen molar-refractivity contribution in [3.8, 4) is 16.9 Å². The van der Waals surface area contributed by atoms with Crippen molar-refractivity contribution in [2.75, 3.05) is 10.6 Å². The summed E-state index contributed by atoms with van der Waals surface area (Å²) in [4.78, 5) is 16.5. The van der Waals surface area contributed by atoms with Crippen molar-refractivity contribution in [3.05, 3.63) is 91.0 Å². The van der Waals surface area contributed by atoms with Crippen LogP contribution in [0.1, 0.15) is 10.6 Å². The molecular formula is C22H17N3O3. The normalized spacial score (nSPS) is 10.4. The highest BCUT2D eigenvalue weighted by Gasteiger charge is 2.09. The summed E-state index contributed by atoms with van der Waals surface area (Å²) in [6.45, 7) is 0. The molecule has 4 aromatic rings. The maximum Gasteiger partial charge on any atom is 0.291 e. The van der Waals surface area contributed by atoms with Crippen molar-refractivity contribution < 1.29 is 14.3 Å². The van der Waals surface area contributed by atoms with Crippen LogP contribution in [0.3, 0.4) is 0 Å². The SMILES string of the molecule is O=C(Nc1cccc(-c2ccnc(Nc3cccc(O)c3)c2)c1)c1ccco1. The summed E-state index contributed by atoms with van der Waals surface area (Å²) < 4.78 is 5.12. The average Bonchev–Trinajstić information content (AvgIpc) is 3.24. The van der Waals surface area contributed by atoms with Crippen LogP contribution in [0, 0.1) is 0 Å². The molecule has 6 nitrogen and oxygen atoms in total. The molecule has 0 aliphatic carbocycles. The molecular weight excluding hydrogens is 354 g/mol.